The van der Waals surface area contributed by atoms with Gasteiger partial charge >= 0.3 is 0 Å². The monoisotopic (exact) mass is 633 g/mol. The second-order valence-electron chi connectivity index (χ2n) is 12.8. The van der Waals surface area contributed by atoms with Crippen LogP contribution < -0.4 is 10.6 Å². The van der Waals surface area contributed by atoms with Gasteiger partial charge in [0.1, 0.15) is 0 Å². The molecule has 0 radical (unpaired) electrons. The molecule has 3 aromatic rings. The second-order valence-corrected chi connectivity index (χ2v) is 13.1. The smallest absolute Gasteiger partial charge is 0.233 e. The third-order valence-corrected chi connectivity index (χ3v) is 8.84. The minimum atomic E-state index is 0.158. The molecule has 0 spiro atoms. The summed E-state index contributed by atoms with van der Waals surface area (Å²) in [7, 11) is 0. The van der Waals surface area contributed by atoms with E-state index < -0.39 is 0 Å². The van der Waals surface area contributed by atoms with Gasteiger partial charge in [-0.2, -0.15) is 15.0 Å². The Morgan fingerprint density at radius 2 is 0.733 bits per heavy atom. The van der Waals surface area contributed by atoms with Crippen LogP contribution in [0.4, 0.5) is 23.3 Å². The molecule has 1 heterocycles. The van der Waals surface area contributed by atoms with Crippen LogP contribution in [0.1, 0.15) is 153 Å². The first-order valence-electron chi connectivity index (χ1n) is 18.3. The number of nitrogens with one attached hydrogen (secondary N) is 2. The summed E-state index contributed by atoms with van der Waals surface area (Å²) in [6.45, 7) is 4.56. The van der Waals surface area contributed by atoms with Crippen molar-refractivity contribution in [3.05, 3.63) is 64.9 Å². The van der Waals surface area contributed by atoms with Gasteiger partial charge in [0, 0.05) is 11.4 Å². The average molecular weight is 634 g/mol. The number of benzene rings is 2. The minimum absolute atomic E-state index is 0.158. The predicted octanol–water partition coefficient (Wildman–Crippen LogP) is 12.9. The van der Waals surface area contributed by atoms with Gasteiger partial charge in [0.15, 0.2) is 0 Å². The van der Waals surface area contributed by atoms with Crippen molar-refractivity contribution in [2.75, 3.05) is 10.6 Å². The summed E-state index contributed by atoms with van der Waals surface area (Å²) < 4.78 is 0. The summed E-state index contributed by atoms with van der Waals surface area (Å²) in [4.78, 5) is 13.1. The molecule has 0 atom stereocenters. The van der Waals surface area contributed by atoms with Crippen LogP contribution in [0, 0.1) is 0 Å². The Kier molecular flexibility index (Phi) is 19.3. The van der Waals surface area contributed by atoms with Crippen LogP contribution >= 0.6 is 11.6 Å². The van der Waals surface area contributed by atoms with Crippen LogP contribution in [0.15, 0.2) is 48.5 Å². The maximum absolute atomic E-state index is 6.25. The molecule has 0 unspecified atom stereocenters. The third-order valence-electron chi connectivity index (χ3n) is 8.67. The Morgan fingerprint density at radius 3 is 1.07 bits per heavy atom. The fourth-order valence-corrected chi connectivity index (χ4v) is 6.02. The maximum atomic E-state index is 6.25. The van der Waals surface area contributed by atoms with E-state index in [2.05, 4.69) is 88.0 Å². The normalized spacial score (nSPS) is 11.2. The summed E-state index contributed by atoms with van der Waals surface area (Å²) >= 11 is 6.25. The second kappa shape index (κ2) is 23.6. The molecule has 0 aliphatic carbocycles. The van der Waals surface area contributed by atoms with E-state index >= 15 is 0 Å². The number of aryl methyl sites for hydroxylation is 2. The van der Waals surface area contributed by atoms with Gasteiger partial charge in [0.05, 0.1) is 0 Å². The van der Waals surface area contributed by atoms with E-state index in [1.165, 1.54) is 140 Å². The number of nitrogens with zero attached hydrogens (tertiary/aromatic N) is 3. The van der Waals surface area contributed by atoms with Crippen LogP contribution in [-0.4, -0.2) is 15.0 Å². The van der Waals surface area contributed by atoms with Crippen molar-refractivity contribution in [1.29, 1.82) is 0 Å². The number of halogens is 1. The van der Waals surface area contributed by atoms with Crippen molar-refractivity contribution < 1.29 is 0 Å². The Morgan fingerprint density at radius 1 is 0.422 bits per heavy atom. The molecule has 0 saturated carbocycles. The molecule has 45 heavy (non-hydrogen) atoms. The number of unbranched alkanes of at least 4 members (excludes halogenated alkanes) is 18. The molecule has 2 N–H and O–H groups in total. The summed E-state index contributed by atoms with van der Waals surface area (Å²) in [5.41, 5.74) is 4.61. The van der Waals surface area contributed by atoms with E-state index in [4.69, 9.17) is 11.6 Å². The molecule has 2 aromatic carbocycles. The third kappa shape index (κ3) is 17.0. The SMILES string of the molecule is CCCCCCCCCCCCc1ccc(Nc2nc(Cl)nc(Nc3ccc(CCCCCCCCCCCC)cc3)n2)cc1. The molecule has 1 aromatic heterocycles. The highest BCUT2D eigenvalue weighted by atomic mass is 35.5. The first-order valence-corrected chi connectivity index (χ1v) is 18.7. The minimum Gasteiger partial charge on any atom is -0.324 e. The Balaban J connectivity index is 1.33. The lowest BCUT2D eigenvalue weighted by Gasteiger charge is -2.10. The summed E-state index contributed by atoms with van der Waals surface area (Å²) in [6.07, 6.45) is 29.6. The highest BCUT2D eigenvalue weighted by Crippen LogP contribution is 2.21. The molecule has 0 amide bonds. The molecule has 3 rings (SSSR count). The molecule has 6 heteroatoms. The van der Waals surface area contributed by atoms with Crippen molar-refractivity contribution in [1.82, 2.24) is 15.0 Å². The quantitative estimate of drug-likeness (QED) is 0.0861. The predicted molar refractivity (Wildman–Crippen MR) is 195 cm³/mol. The van der Waals surface area contributed by atoms with E-state index in [-0.39, 0.29) is 5.28 Å². The van der Waals surface area contributed by atoms with Crippen LogP contribution in [0.25, 0.3) is 0 Å². The molecule has 0 saturated heterocycles. The van der Waals surface area contributed by atoms with Gasteiger partial charge in [-0.15, -0.1) is 0 Å². The van der Waals surface area contributed by atoms with Crippen molar-refractivity contribution in [3.63, 3.8) is 0 Å². The van der Waals surface area contributed by atoms with Gasteiger partial charge < -0.3 is 10.6 Å². The maximum Gasteiger partial charge on any atom is 0.233 e. The molecule has 5 nitrogen and oxygen atoms in total. The zero-order valence-electron chi connectivity index (χ0n) is 28.4. The fraction of sp³-hybridized carbons (Fsp3) is 0.615. The van der Waals surface area contributed by atoms with Crippen LogP contribution in [0.5, 0.6) is 0 Å². The van der Waals surface area contributed by atoms with E-state index in [0.717, 1.165) is 24.2 Å². The first kappa shape index (κ1) is 36.8. The summed E-state index contributed by atoms with van der Waals surface area (Å²) in [5.74, 6) is 0.857. The summed E-state index contributed by atoms with van der Waals surface area (Å²) in [6, 6.07) is 17.1. The van der Waals surface area contributed by atoms with Crippen LogP contribution in [0.3, 0.4) is 0 Å². The van der Waals surface area contributed by atoms with Crippen molar-refractivity contribution >= 4 is 34.9 Å². The average Bonchev–Trinajstić information content (AvgIpc) is 3.04. The first-order chi connectivity index (χ1) is 22.2. The Labute approximate surface area is 279 Å². The lowest BCUT2D eigenvalue weighted by molar-refractivity contribution is 0.556. The molecule has 0 fully saturated rings. The largest absolute Gasteiger partial charge is 0.324 e. The number of rotatable bonds is 26. The van der Waals surface area contributed by atoms with E-state index in [1.54, 1.807) is 0 Å². The number of hydrogen-bond donors (Lipinski definition) is 2. The van der Waals surface area contributed by atoms with Crippen LogP contribution in [-0.2, 0) is 12.8 Å². The number of hydrogen-bond acceptors (Lipinski definition) is 5. The molecule has 0 bridgehead atoms. The van der Waals surface area contributed by atoms with Gasteiger partial charge in [0.2, 0.25) is 17.2 Å². The Hall–Kier alpha value is -2.66. The van der Waals surface area contributed by atoms with Crippen molar-refractivity contribution in [2.45, 2.75) is 155 Å². The fourth-order valence-electron chi connectivity index (χ4n) is 5.86. The molecule has 0 aliphatic heterocycles. The van der Waals surface area contributed by atoms with Gasteiger partial charge in [0.25, 0.3) is 0 Å². The highest BCUT2D eigenvalue weighted by Gasteiger charge is 2.07. The number of aromatic nitrogens is 3. The molecule has 248 valence electrons. The molecule has 0 aliphatic rings. The lowest BCUT2D eigenvalue weighted by Crippen LogP contribution is -2.04. The molecular weight excluding hydrogens is 574 g/mol. The standard InChI is InChI=1S/C39H60ClN5/c1-3-5-7-9-11-13-15-17-19-21-23-33-25-29-35(30-26-33)41-38-43-37(40)44-39(45-38)42-36-31-27-34(28-32-36)24-22-20-18-16-14-12-10-8-6-4-2/h25-32H,3-24H2,1-2H3,(H2,41,42,43,44,45). The van der Waals surface area contributed by atoms with E-state index in [0.29, 0.717) is 11.9 Å². The lowest BCUT2D eigenvalue weighted by atomic mass is 10.0. The molecular formula is C39H60ClN5. The van der Waals surface area contributed by atoms with Crippen LogP contribution in [0.2, 0.25) is 5.28 Å². The zero-order valence-corrected chi connectivity index (χ0v) is 29.2. The zero-order chi connectivity index (χ0) is 31.8. The van der Waals surface area contributed by atoms with Gasteiger partial charge in [-0.25, -0.2) is 0 Å². The Bertz CT molecular complexity index is 1060. The highest BCUT2D eigenvalue weighted by molar-refractivity contribution is 6.28. The van der Waals surface area contributed by atoms with Crippen molar-refractivity contribution in [3.8, 4) is 0 Å². The van der Waals surface area contributed by atoms with Gasteiger partial charge in [-0.1, -0.05) is 154 Å². The number of anilines is 4. The van der Waals surface area contributed by atoms with E-state index in [1.807, 2.05) is 0 Å². The van der Waals surface area contributed by atoms with Crippen molar-refractivity contribution in [2.24, 2.45) is 0 Å². The van der Waals surface area contributed by atoms with Gasteiger partial charge in [-0.05, 0) is 72.7 Å². The summed E-state index contributed by atoms with van der Waals surface area (Å²) in [5, 5.41) is 6.72. The van der Waals surface area contributed by atoms with Gasteiger partial charge in [-0.3, -0.25) is 0 Å². The van der Waals surface area contributed by atoms with E-state index in [9.17, 15) is 0 Å². The topological polar surface area (TPSA) is 62.7 Å².